The Morgan fingerprint density at radius 3 is 0.983 bits per heavy atom. The maximum Gasteiger partial charge on any atom is 0.408 e. The van der Waals surface area contributed by atoms with Gasteiger partial charge in [0.25, 0.3) is 0 Å². The van der Waals surface area contributed by atoms with Crippen molar-refractivity contribution >= 4 is 77.0 Å². The van der Waals surface area contributed by atoms with E-state index in [-0.39, 0.29) is 120 Å². The Labute approximate surface area is 689 Å². The minimum absolute atomic E-state index is 0.000578. The highest BCUT2D eigenvalue weighted by atomic mass is 16.6. The van der Waals surface area contributed by atoms with E-state index in [1.807, 2.05) is 39.8 Å². The van der Waals surface area contributed by atoms with E-state index < -0.39 is 139 Å². The van der Waals surface area contributed by atoms with Gasteiger partial charge in [0.2, 0.25) is 70.9 Å². The van der Waals surface area contributed by atoms with Crippen LogP contribution in [0.15, 0.2) is 46.6 Å². The topological polar surface area (TPSA) is 466 Å². The predicted octanol–water partition coefficient (Wildman–Crippen LogP) is -1.17. The van der Waals surface area contributed by atoms with Gasteiger partial charge in [0.05, 0.1) is 74.3 Å². The number of amides is 13. The smallest absolute Gasteiger partial charge is 0.408 e. The van der Waals surface area contributed by atoms with Crippen LogP contribution >= 0.6 is 0 Å². The average molecular weight is 1650 g/mol. The SMILES string of the molecule is CCCCOC1C2=CCC[C@@H]1C(=O)NCCNCCNC(=O)[C@@H]1CCC=C(C(=O)NCCN(CCN3CCNC(=O)C4=CCC[C@H](C(=O)NCCN([C@@H](O)CNC(=O)CNC(=O)CNC(=O)CNC(=O)CNC(=O)OC(C)(C)C)CCNC(=O)[C@@H]5CCC=C(C(=O)NCC3)C5OCCCC)C4OCCCC)CCNC2=O)C1OCCCC. The Morgan fingerprint density at radius 1 is 0.402 bits per heavy atom. The Balaban J connectivity index is 1.20. The largest absolute Gasteiger partial charge is 0.444 e. The molecule has 6 rings (SSSR count). The number of carbonyl (C=O) groups excluding carboxylic acids is 13. The van der Waals surface area contributed by atoms with Gasteiger partial charge in [0, 0.05) is 167 Å². The maximum absolute atomic E-state index is 14.6. The Bertz CT molecular complexity index is 3210. The standard InChI is InChI=1S/C81H135N17O19/c1-8-12-46-113-68-55-20-16-22-57(68)74(106)85-32-38-96(39-33-86-75(107)58-23-17-21-56(69(58)114-47-13-9-2)73(105)84-31-29-82-28-30-83-72(55)104)44-45-97-40-34-87-76(108)59-24-18-26-61(70(59)115-48-14-10-3)78(110)89-36-42-98(43-37-90-79(111)62-27-19-25-60(77(109)88-35-41-97)71(62)116-49-15-11-4)67(103)54-94-65(101)52-92-63(99)50-91-64(100)51-93-66(102)53-95-80(112)117-81(5,6)7/h22-25,55-56,61-62,67-71,82,103H,8-21,26-54H2,1-7H3,(H,83,104)(H,84,105)(H,85,106)(H,86,107)(H,87,108)(H,88,109)(H,89,110)(H,90,111)(H,91,100)(H,92,99)(H,93,102)(H,94,101)(H,95,112)/t55-,56+,61-,62+,67-,68?,69?,70?,71?/m0/s1. The summed E-state index contributed by atoms with van der Waals surface area (Å²) < 4.78 is 30.7. The van der Waals surface area contributed by atoms with Crippen molar-refractivity contribution in [2.24, 2.45) is 23.7 Å². The van der Waals surface area contributed by atoms with E-state index in [1.165, 1.54) is 4.90 Å². The molecule has 2 fully saturated rings. The number of alkyl carbamates (subject to hydrolysis) is 1. The van der Waals surface area contributed by atoms with E-state index >= 15 is 0 Å². The fourth-order valence-electron chi connectivity index (χ4n) is 14.3. The molecule has 0 aromatic rings. The highest BCUT2D eigenvalue weighted by Gasteiger charge is 2.42. The second-order valence-corrected chi connectivity index (χ2v) is 31.1. The van der Waals surface area contributed by atoms with Gasteiger partial charge in [-0.25, -0.2) is 4.79 Å². The van der Waals surface area contributed by atoms with Gasteiger partial charge in [-0.05, 0) is 97.8 Å². The molecule has 2 heterocycles. The number of unbranched alkanes of at least 4 members (excludes halogenated alkanes) is 4. The van der Waals surface area contributed by atoms with E-state index in [9.17, 15) is 67.4 Å². The van der Waals surface area contributed by atoms with Crippen molar-refractivity contribution < 1.29 is 91.1 Å². The van der Waals surface area contributed by atoms with Gasteiger partial charge in [-0.15, -0.1) is 0 Å². The average Bonchev–Trinajstić information content (AvgIpc) is 0.833. The summed E-state index contributed by atoms with van der Waals surface area (Å²) in [5.41, 5.74) is 0.549. The molecule has 0 radical (unpaired) electrons. The molecule has 0 spiro atoms. The number of nitrogens with zero attached hydrogens (tertiary/aromatic N) is 3. The number of aliphatic hydroxyl groups is 1. The quantitative estimate of drug-likeness (QED) is 0.0377. The van der Waals surface area contributed by atoms with Crippen molar-refractivity contribution in [2.45, 2.75) is 187 Å². The van der Waals surface area contributed by atoms with Crippen LogP contribution < -0.4 is 74.4 Å². The summed E-state index contributed by atoms with van der Waals surface area (Å²) in [6, 6.07) is 0. The van der Waals surface area contributed by atoms with Gasteiger partial charge < -0.3 is 103 Å². The summed E-state index contributed by atoms with van der Waals surface area (Å²) in [5.74, 6) is -8.53. The zero-order valence-corrected chi connectivity index (χ0v) is 70.0. The molecule has 9 atom stereocenters. The lowest BCUT2D eigenvalue weighted by atomic mass is 9.84. The van der Waals surface area contributed by atoms with Crippen molar-refractivity contribution in [3.8, 4) is 0 Å². The first kappa shape index (κ1) is 97.3. The van der Waals surface area contributed by atoms with Gasteiger partial charge in [-0.3, -0.25) is 72.2 Å². The predicted molar refractivity (Wildman–Crippen MR) is 436 cm³/mol. The number of rotatable bonds is 30. The number of aliphatic hydroxyl groups excluding tert-OH is 1. The zero-order chi connectivity index (χ0) is 84.9. The lowest BCUT2D eigenvalue weighted by Gasteiger charge is -2.33. The third kappa shape index (κ3) is 35.2. The van der Waals surface area contributed by atoms with Crippen LogP contribution in [0.3, 0.4) is 0 Å². The van der Waals surface area contributed by atoms with Gasteiger partial charge in [0.15, 0.2) is 0 Å². The molecule has 6 aliphatic rings. The van der Waals surface area contributed by atoms with Crippen molar-refractivity contribution in [3.63, 3.8) is 0 Å². The lowest BCUT2D eigenvalue weighted by Crippen LogP contribution is -2.52. The van der Waals surface area contributed by atoms with Crippen molar-refractivity contribution in [3.05, 3.63) is 46.6 Å². The normalized spacial score (nSPS) is 24.1. The Morgan fingerprint density at radius 2 is 0.684 bits per heavy atom. The van der Waals surface area contributed by atoms with Crippen LogP contribution in [0.1, 0.15) is 151 Å². The Kier molecular flexibility index (Phi) is 44.8. The molecule has 8 bridgehead atoms. The van der Waals surface area contributed by atoms with Crippen molar-refractivity contribution in [1.29, 1.82) is 0 Å². The summed E-state index contributed by atoms with van der Waals surface area (Å²) in [6.07, 6.45) is 11.0. The third-order valence-electron chi connectivity index (χ3n) is 20.9. The number of ether oxygens (including phenoxy) is 5. The second-order valence-electron chi connectivity index (χ2n) is 31.1. The van der Waals surface area contributed by atoms with Crippen LogP contribution in [0.4, 0.5) is 4.79 Å². The summed E-state index contributed by atoms with van der Waals surface area (Å²) >= 11 is 0. The molecule has 2 aliphatic heterocycles. The minimum atomic E-state index is -1.41. The zero-order valence-electron chi connectivity index (χ0n) is 70.0. The first-order valence-electron chi connectivity index (χ1n) is 42.5. The summed E-state index contributed by atoms with van der Waals surface area (Å²) in [5, 5.41) is 51.3. The summed E-state index contributed by atoms with van der Waals surface area (Å²) in [4.78, 5) is 183. The second kappa shape index (κ2) is 53.8. The first-order chi connectivity index (χ1) is 56.4. The van der Waals surface area contributed by atoms with Gasteiger partial charge in [-0.2, -0.15) is 0 Å². The molecule has 0 saturated carbocycles. The van der Waals surface area contributed by atoms with Crippen LogP contribution in [0, 0.1) is 23.7 Å². The minimum Gasteiger partial charge on any atom is -0.444 e. The number of hydrogen-bond donors (Lipinski definition) is 15. The number of hydrogen-bond acceptors (Lipinski definition) is 23. The molecule has 13 amide bonds. The molecular weight excluding hydrogens is 1510 g/mol. The fraction of sp³-hybridized carbons (Fsp3) is 0.741. The van der Waals surface area contributed by atoms with Crippen molar-refractivity contribution in [2.75, 3.05) is 177 Å². The molecule has 117 heavy (non-hydrogen) atoms. The highest BCUT2D eigenvalue weighted by molar-refractivity contribution is 5.99. The molecule has 36 nitrogen and oxygen atoms in total. The molecule has 658 valence electrons. The van der Waals surface area contributed by atoms with E-state index in [2.05, 4.69) is 84.2 Å². The highest BCUT2D eigenvalue weighted by Crippen LogP contribution is 2.33. The molecule has 36 heteroatoms. The van der Waals surface area contributed by atoms with Gasteiger partial charge >= 0.3 is 6.09 Å². The maximum atomic E-state index is 14.6. The molecule has 2 saturated heterocycles. The third-order valence-corrected chi connectivity index (χ3v) is 20.9. The number of nitrogens with one attached hydrogen (secondary N) is 14. The molecule has 0 aromatic heterocycles. The molecule has 4 unspecified atom stereocenters. The summed E-state index contributed by atoms with van der Waals surface area (Å²) in [7, 11) is 0. The number of carbonyl (C=O) groups is 13. The molecule has 0 aromatic carbocycles. The van der Waals surface area contributed by atoms with E-state index in [0.29, 0.717) is 141 Å². The van der Waals surface area contributed by atoms with E-state index in [1.54, 1.807) is 32.9 Å². The fourth-order valence-corrected chi connectivity index (χ4v) is 14.3. The first-order valence-corrected chi connectivity index (χ1v) is 42.5. The van der Waals surface area contributed by atoms with Crippen LogP contribution in [-0.4, -0.2) is 310 Å². The summed E-state index contributed by atoms with van der Waals surface area (Å²) in [6.45, 7) is 15.7. The van der Waals surface area contributed by atoms with E-state index in [0.717, 1.165) is 38.5 Å². The number of allylic oxidation sites excluding steroid dienone is 4. The van der Waals surface area contributed by atoms with Gasteiger partial charge in [0.1, 0.15) is 18.4 Å². The van der Waals surface area contributed by atoms with Crippen molar-refractivity contribution in [1.82, 2.24) is 89.1 Å². The van der Waals surface area contributed by atoms with Crippen LogP contribution in [-0.2, 0) is 81.2 Å². The van der Waals surface area contributed by atoms with Gasteiger partial charge in [-0.1, -0.05) is 77.7 Å². The number of fused-ring (bicyclic) bond motifs is 8. The van der Waals surface area contributed by atoms with E-state index in [4.69, 9.17) is 23.7 Å². The molecule has 15 N–H and O–H groups in total. The Hall–Kier alpha value is -8.49. The molecular formula is C81H135N17O19. The monoisotopic (exact) mass is 1650 g/mol. The van der Waals surface area contributed by atoms with Crippen LogP contribution in [0.5, 0.6) is 0 Å². The molecule has 4 aliphatic carbocycles. The van der Waals surface area contributed by atoms with Crippen LogP contribution in [0.25, 0.3) is 0 Å². The van der Waals surface area contributed by atoms with Crippen LogP contribution in [0.2, 0.25) is 0 Å². The lowest BCUT2D eigenvalue weighted by molar-refractivity contribution is -0.132.